The second-order valence-electron chi connectivity index (χ2n) is 4.97. The van der Waals surface area contributed by atoms with Crippen molar-refractivity contribution in [2.75, 3.05) is 6.61 Å². The molecule has 7 N–H and O–H groups in total. The van der Waals surface area contributed by atoms with E-state index in [1.54, 1.807) is 0 Å². The van der Waals surface area contributed by atoms with Gasteiger partial charge >= 0.3 is 5.97 Å². The molecule has 10 heteroatoms. The molecule has 1 aromatic carbocycles. The lowest BCUT2D eigenvalue weighted by molar-refractivity contribution is -0.285. The number of carbonyl (C=O) groups is 1. The molecule has 128 valence electrons. The first-order valence-electron chi connectivity index (χ1n) is 6.52. The summed E-state index contributed by atoms with van der Waals surface area (Å²) < 4.78 is 9.77. The zero-order valence-corrected chi connectivity index (χ0v) is 11.6. The van der Waals surface area contributed by atoms with Gasteiger partial charge in [0, 0.05) is 0 Å². The number of aliphatic hydroxyl groups is 4. The van der Waals surface area contributed by atoms with Crippen LogP contribution in [0.2, 0.25) is 0 Å². The maximum atomic E-state index is 11.9. The van der Waals surface area contributed by atoms with E-state index in [-0.39, 0.29) is 5.56 Å². The lowest BCUT2D eigenvalue weighted by atomic mass is 9.99. The molecule has 1 saturated heterocycles. The number of rotatable bonds is 3. The summed E-state index contributed by atoms with van der Waals surface area (Å²) in [6.45, 7) is -0.695. The van der Waals surface area contributed by atoms with Crippen molar-refractivity contribution in [1.29, 1.82) is 0 Å². The van der Waals surface area contributed by atoms with Crippen LogP contribution in [0.15, 0.2) is 12.1 Å². The van der Waals surface area contributed by atoms with Gasteiger partial charge in [0.05, 0.1) is 12.2 Å². The summed E-state index contributed by atoms with van der Waals surface area (Å²) in [5.41, 5.74) is -0.366. The Balaban J connectivity index is 2.16. The molecule has 1 aliphatic rings. The highest BCUT2D eigenvalue weighted by Crippen LogP contribution is 2.35. The van der Waals surface area contributed by atoms with Gasteiger partial charge in [0.25, 0.3) is 0 Å². The molecule has 0 radical (unpaired) electrons. The Kier molecular flexibility index (Phi) is 4.92. The van der Waals surface area contributed by atoms with E-state index < -0.39 is 60.5 Å². The van der Waals surface area contributed by atoms with E-state index >= 15 is 0 Å². The van der Waals surface area contributed by atoms with Gasteiger partial charge in [-0.25, -0.2) is 4.79 Å². The molecule has 1 aromatic rings. The number of carbonyl (C=O) groups excluding carboxylic acids is 1. The molecule has 0 aliphatic carbocycles. The Hall–Kier alpha value is -2.11. The van der Waals surface area contributed by atoms with E-state index in [1.165, 1.54) is 0 Å². The number of hydrogen-bond donors (Lipinski definition) is 7. The molecule has 1 heterocycles. The normalized spacial score (nSPS) is 30.9. The maximum absolute atomic E-state index is 11.9. The van der Waals surface area contributed by atoms with Crippen molar-refractivity contribution in [3.8, 4) is 17.2 Å². The molecule has 0 amide bonds. The Labute approximate surface area is 129 Å². The van der Waals surface area contributed by atoms with Crippen molar-refractivity contribution in [2.45, 2.75) is 30.7 Å². The van der Waals surface area contributed by atoms with E-state index in [1.807, 2.05) is 0 Å². The third kappa shape index (κ3) is 3.30. The highest BCUT2D eigenvalue weighted by Gasteiger charge is 2.45. The van der Waals surface area contributed by atoms with Gasteiger partial charge in [-0.05, 0) is 12.1 Å². The smallest absolute Gasteiger partial charge is 0.340 e. The first-order valence-corrected chi connectivity index (χ1v) is 6.52. The van der Waals surface area contributed by atoms with E-state index in [2.05, 4.69) is 0 Å². The van der Waals surface area contributed by atoms with Gasteiger partial charge in [0.1, 0.15) is 24.4 Å². The Morgan fingerprint density at radius 1 is 1.04 bits per heavy atom. The van der Waals surface area contributed by atoms with Gasteiger partial charge in [0.15, 0.2) is 17.2 Å². The average Bonchev–Trinajstić information content (AvgIpc) is 2.52. The number of aromatic hydroxyl groups is 3. The molecule has 10 nitrogen and oxygen atoms in total. The molecule has 0 saturated carbocycles. The third-order valence-corrected chi connectivity index (χ3v) is 3.38. The van der Waals surface area contributed by atoms with E-state index in [0.29, 0.717) is 0 Å². The van der Waals surface area contributed by atoms with Crippen molar-refractivity contribution in [2.24, 2.45) is 0 Å². The summed E-state index contributed by atoms with van der Waals surface area (Å²) in [5, 5.41) is 65.8. The fourth-order valence-electron chi connectivity index (χ4n) is 2.06. The number of benzene rings is 1. The summed E-state index contributed by atoms with van der Waals surface area (Å²) in [7, 11) is 0. The minimum atomic E-state index is -1.78. The van der Waals surface area contributed by atoms with Crippen molar-refractivity contribution in [3.63, 3.8) is 0 Å². The van der Waals surface area contributed by atoms with Crippen molar-refractivity contribution in [3.05, 3.63) is 17.7 Å². The molecule has 1 aliphatic heterocycles. The van der Waals surface area contributed by atoms with Crippen LogP contribution in [-0.4, -0.2) is 79.0 Å². The number of phenols is 3. The Morgan fingerprint density at radius 3 is 2.13 bits per heavy atom. The van der Waals surface area contributed by atoms with E-state index in [9.17, 15) is 35.4 Å². The van der Waals surface area contributed by atoms with Crippen LogP contribution >= 0.6 is 0 Å². The molecule has 5 atom stereocenters. The van der Waals surface area contributed by atoms with Crippen LogP contribution < -0.4 is 0 Å². The number of esters is 1. The quantitative estimate of drug-likeness (QED) is 0.236. The first kappa shape index (κ1) is 17.2. The lowest BCUT2D eigenvalue weighted by Crippen LogP contribution is -2.59. The molecule has 23 heavy (non-hydrogen) atoms. The number of phenolic OH excluding ortho intramolecular Hbond substituents is 3. The highest BCUT2D eigenvalue weighted by atomic mass is 16.7. The summed E-state index contributed by atoms with van der Waals surface area (Å²) in [6, 6.07) is 1.61. The Morgan fingerprint density at radius 2 is 1.61 bits per heavy atom. The summed E-state index contributed by atoms with van der Waals surface area (Å²) in [6.07, 6.45) is -8.06. The number of aliphatic hydroxyl groups excluding tert-OH is 4. The van der Waals surface area contributed by atoms with Gasteiger partial charge in [-0.3, -0.25) is 0 Å². The predicted octanol–water partition coefficient (Wildman–Crippen LogP) is -2.24. The van der Waals surface area contributed by atoms with Gasteiger partial charge in [-0.1, -0.05) is 0 Å². The fraction of sp³-hybridized carbons (Fsp3) is 0.462. The summed E-state index contributed by atoms with van der Waals surface area (Å²) in [4.78, 5) is 11.9. The van der Waals surface area contributed by atoms with Crippen molar-refractivity contribution < 1.29 is 50.0 Å². The standard InChI is InChI=1S/C13H16O10/c14-3-7-9(18)10(19)11(20)13(22-7)23-12(21)4-1-5(15)8(17)6(16)2-4/h1-2,7,9-11,13-20H,3H2/t7-,9+,10+,11-,13?/m1/s1. The van der Waals surface area contributed by atoms with Crippen LogP contribution in [0.25, 0.3) is 0 Å². The molecule has 0 spiro atoms. The second-order valence-corrected chi connectivity index (χ2v) is 4.97. The topological polar surface area (TPSA) is 177 Å². The highest BCUT2D eigenvalue weighted by molar-refractivity contribution is 5.91. The molecular formula is C13H16O10. The van der Waals surface area contributed by atoms with Gasteiger partial charge in [0.2, 0.25) is 6.29 Å². The van der Waals surface area contributed by atoms with Crippen molar-refractivity contribution >= 4 is 5.97 Å². The molecule has 2 rings (SSSR count). The predicted molar refractivity (Wildman–Crippen MR) is 70.6 cm³/mol. The summed E-state index contributed by atoms with van der Waals surface area (Å²) >= 11 is 0. The number of ether oxygens (including phenoxy) is 2. The number of hydrogen-bond acceptors (Lipinski definition) is 10. The zero-order chi connectivity index (χ0) is 17.3. The molecule has 1 fully saturated rings. The summed E-state index contributed by atoms with van der Waals surface area (Å²) in [5.74, 6) is -3.52. The second kappa shape index (κ2) is 6.56. The van der Waals surface area contributed by atoms with Gasteiger partial charge in [-0.15, -0.1) is 0 Å². The lowest BCUT2D eigenvalue weighted by Gasteiger charge is -2.39. The minimum Gasteiger partial charge on any atom is -0.504 e. The van der Waals surface area contributed by atoms with Gasteiger partial charge in [-0.2, -0.15) is 0 Å². The third-order valence-electron chi connectivity index (χ3n) is 3.38. The zero-order valence-electron chi connectivity index (χ0n) is 11.6. The van der Waals surface area contributed by atoms with Gasteiger partial charge < -0.3 is 45.2 Å². The van der Waals surface area contributed by atoms with Crippen molar-refractivity contribution in [1.82, 2.24) is 0 Å². The molecule has 0 aromatic heterocycles. The Bertz CT molecular complexity index is 563. The monoisotopic (exact) mass is 332 g/mol. The van der Waals surface area contributed by atoms with Crippen LogP contribution in [0.5, 0.6) is 17.2 Å². The van der Waals surface area contributed by atoms with Crippen LogP contribution in [-0.2, 0) is 9.47 Å². The van der Waals surface area contributed by atoms with Crippen LogP contribution in [0.1, 0.15) is 10.4 Å². The van der Waals surface area contributed by atoms with Crippen LogP contribution in [0, 0.1) is 0 Å². The maximum Gasteiger partial charge on any atom is 0.340 e. The van der Waals surface area contributed by atoms with E-state index in [4.69, 9.17) is 14.6 Å². The largest absolute Gasteiger partial charge is 0.504 e. The first-order chi connectivity index (χ1) is 10.8. The average molecular weight is 332 g/mol. The fourth-order valence-corrected chi connectivity index (χ4v) is 2.06. The van der Waals surface area contributed by atoms with E-state index in [0.717, 1.165) is 12.1 Å². The molecular weight excluding hydrogens is 316 g/mol. The minimum absolute atomic E-state index is 0.366. The molecule has 1 unspecified atom stereocenters. The molecule has 0 bridgehead atoms. The van der Waals surface area contributed by atoms with Crippen LogP contribution in [0.3, 0.4) is 0 Å². The SMILES string of the molecule is O=C(OC1O[C@H](CO)[C@H](O)[C@H](O)[C@H]1O)c1cc(O)c(O)c(O)c1. The van der Waals surface area contributed by atoms with Crippen LogP contribution in [0.4, 0.5) is 0 Å².